The average molecular weight is 300 g/mol. The van der Waals surface area contributed by atoms with E-state index in [0.29, 0.717) is 13.1 Å². The Morgan fingerprint density at radius 3 is 2.68 bits per heavy atom. The molecule has 22 heavy (non-hydrogen) atoms. The first kappa shape index (κ1) is 14.2. The number of nitrogens with one attached hydrogen (secondary N) is 2. The van der Waals surface area contributed by atoms with Crippen LogP contribution in [0.3, 0.4) is 0 Å². The lowest BCUT2D eigenvalue weighted by molar-refractivity contribution is 0.0728. The van der Waals surface area contributed by atoms with Crippen molar-refractivity contribution in [3.63, 3.8) is 0 Å². The molecule has 1 aliphatic rings. The topological polar surface area (TPSA) is 95.4 Å². The molecule has 8 heteroatoms. The third kappa shape index (κ3) is 2.96. The summed E-state index contributed by atoms with van der Waals surface area (Å²) in [6.45, 7) is 2.57. The van der Waals surface area contributed by atoms with Crippen LogP contribution in [0.25, 0.3) is 0 Å². The molecule has 0 aliphatic carbocycles. The van der Waals surface area contributed by atoms with E-state index in [9.17, 15) is 9.59 Å². The molecular formula is C14H16N6O2. The number of nitrogens with zero attached hydrogens (tertiary/aromatic N) is 4. The Hall–Kier alpha value is -2.74. The van der Waals surface area contributed by atoms with Crippen molar-refractivity contribution in [2.45, 2.75) is 0 Å². The van der Waals surface area contributed by atoms with Crippen LogP contribution in [0.1, 0.15) is 16.1 Å². The third-order valence-corrected chi connectivity index (χ3v) is 3.38. The zero-order chi connectivity index (χ0) is 15.4. The maximum Gasteiger partial charge on any atom is 0.320 e. The first-order chi connectivity index (χ1) is 10.8. The van der Waals surface area contributed by atoms with Gasteiger partial charge >= 0.3 is 5.56 Å². The summed E-state index contributed by atoms with van der Waals surface area (Å²) in [6, 6.07) is 9.35. The van der Waals surface area contributed by atoms with Crippen LogP contribution in [0.5, 0.6) is 0 Å². The Balaban J connectivity index is 1.78. The highest BCUT2D eigenvalue weighted by atomic mass is 16.2. The van der Waals surface area contributed by atoms with Crippen molar-refractivity contribution >= 4 is 12.1 Å². The van der Waals surface area contributed by atoms with Crippen LogP contribution in [0, 0.1) is 0 Å². The minimum Gasteiger partial charge on any atom is -0.335 e. The lowest BCUT2D eigenvalue weighted by Crippen LogP contribution is -2.47. The zero-order valence-electron chi connectivity index (χ0n) is 11.9. The molecule has 2 aromatic rings. The number of aromatic amines is 1. The smallest absolute Gasteiger partial charge is 0.320 e. The van der Waals surface area contributed by atoms with Crippen LogP contribution in [-0.2, 0) is 0 Å². The van der Waals surface area contributed by atoms with E-state index in [1.807, 2.05) is 30.3 Å². The van der Waals surface area contributed by atoms with E-state index in [1.165, 1.54) is 6.21 Å². The monoisotopic (exact) mass is 300 g/mol. The maximum atomic E-state index is 12.3. The van der Waals surface area contributed by atoms with E-state index < -0.39 is 5.56 Å². The van der Waals surface area contributed by atoms with Gasteiger partial charge in [-0.2, -0.15) is 10.3 Å². The normalized spacial score (nSPS) is 15.4. The standard InChI is InChI=1S/C14H16N6O2/c21-13(19-8-6-15-7-9-19)12-14(22)20(18-17-12)16-10-11-4-2-1-3-5-11/h1-5,10,15,18H,6-9H2. The largest absolute Gasteiger partial charge is 0.335 e. The fourth-order valence-corrected chi connectivity index (χ4v) is 2.19. The van der Waals surface area contributed by atoms with E-state index in [4.69, 9.17) is 0 Å². The second-order valence-electron chi connectivity index (χ2n) is 4.87. The first-order valence-corrected chi connectivity index (χ1v) is 7.02. The van der Waals surface area contributed by atoms with Crippen molar-refractivity contribution in [2.75, 3.05) is 26.2 Å². The number of hydrogen-bond donors (Lipinski definition) is 2. The minimum absolute atomic E-state index is 0.132. The van der Waals surface area contributed by atoms with Gasteiger partial charge in [0.2, 0.25) is 5.69 Å². The van der Waals surface area contributed by atoms with Crippen molar-refractivity contribution in [1.29, 1.82) is 0 Å². The number of hydrogen-bond acceptors (Lipinski definition) is 5. The second-order valence-corrected chi connectivity index (χ2v) is 4.87. The third-order valence-electron chi connectivity index (χ3n) is 3.38. The van der Waals surface area contributed by atoms with Gasteiger partial charge in [-0.1, -0.05) is 30.3 Å². The van der Waals surface area contributed by atoms with Crippen LogP contribution in [0.2, 0.25) is 0 Å². The molecule has 1 fully saturated rings. The van der Waals surface area contributed by atoms with Gasteiger partial charge in [0, 0.05) is 26.2 Å². The van der Waals surface area contributed by atoms with Crippen molar-refractivity contribution < 1.29 is 4.79 Å². The summed E-state index contributed by atoms with van der Waals surface area (Å²) in [5, 5.41) is 13.4. The lowest BCUT2D eigenvalue weighted by Gasteiger charge is -2.26. The van der Waals surface area contributed by atoms with Crippen molar-refractivity contribution in [1.82, 2.24) is 25.3 Å². The number of carbonyl (C=O) groups excluding carboxylic acids is 1. The molecular weight excluding hydrogens is 284 g/mol. The van der Waals surface area contributed by atoms with Crippen LogP contribution in [-0.4, -0.2) is 58.3 Å². The summed E-state index contributed by atoms with van der Waals surface area (Å²) < 4.78 is 0. The molecule has 8 nitrogen and oxygen atoms in total. The van der Waals surface area contributed by atoms with Crippen LogP contribution in [0.4, 0.5) is 0 Å². The molecule has 1 aliphatic heterocycles. The number of benzene rings is 1. The van der Waals surface area contributed by atoms with Crippen LogP contribution in [0.15, 0.2) is 40.2 Å². The summed E-state index contributed by atoms with van der Waals surface area (Å²) in [6.07, 6.45) is 1.53. The average Bonchev–Trinajstić information content (AvgIpc) is 2.95. The van der Waals surface area contributed by atoms with E-state index in [2.05, 4.69) is 20.7 Å². The van der Waals surface area contributed by atoms with Gasteiger partial charge in [-0.3, -0.25) is 9.59 Å². The van der Waals surface area contributed by atoms with Gasteiger partial charge in [0.25, 0.3) is 5.91 Å². The SMILES string of the molecule is O=C(c1n[nH]n(N=Cc2ccccc2)c1=O)N1CCNCC1. The van der Waals surface area contributed by atoms with Gasteiger partial charge in [0.05, 0.1) is 6.21 Å². The van der Waals surface area contributed by atoms with Crippen LogP contribution < -0.4 is 10.9 Å². The highest BCUT2D eigenvalue weighted by Crippen LogP contribution is 1.99. The first-order valence-electron chi connectivity index (χ1n) is 7.02. The fraction of sp³-hybridized carbons (Fsp3) is 0.286. The Kier molecular flexibility index (Phi) is 4.10. The number of aromatic nitrogens is 3. The van der Waals surface area contributed by atoms with Gasteiger partial charge in [-0.15, -0.1) is 9.89 Å². The van der Waals surface area contributed by atoms with Gasteiger partial charge in [-0.25, -0.2) is 0 Å². The quantitative estimate of drug-likeness (QED) is 0.747. The molecule has 2 heterocycles. The molecule has 3 rings (SSSR count). The molecule has 0 unspecified atom stereocenters. The van der Waals surface area contributed by atoms with Crippen molar-refractivity contribution in [3.8, 4) is 0 Å². The van der Waals surface area contributed by atoms with E-state index in [1.54, 1.807) is 4.90 Å². The minimum atomic E-state index is -0.546. The number of amides is 1. The molecule has 0 saturated carbocycles. The lowest BCUT2D eigenvalue weighted by atomic mass is 10.2. The molecule has 0 spiro atoms. The molecule has 1 aromatic carbocycles. The maximum absolute atomic E-state index is 12.3. The predicted octanol–water partition coefficient (Wildman–Crippen LogP) is -0.501. The molecule has 0 atom stereocenters. The summed E-state index contributed by atoms with van der Waals surface area (Å²) >= 11 is 0. The van der Waals surface area contributed by atoms with Gasteiger partial charge in [-0.05, 0) is 5.56 Å². The molecule has 2 N–H and O–H groups in total. The van der Waals surface area contributed by atoms with Crippen LogP contribution >= 0.6 is 0 Å². The Bertz CT molecular complexity index is 727. The predicted molar refractivity (Wildman–Crippen MR) is 81.1 cm³/mol. The Labute approximate surface area is 126 Å². The molecule has 1 aromatic heterocycles. The fourth-order valence-electron chi connectivity index (χ4n) is 2.19. The second kappa shape index (κ2) is 6.35. The Morgan fingerprint density at radius 2 is 1.95 bits per heavy atom. The van der Waals surface area contributed by atoms with Gasteiger partial charge in [0.15, 0.2) is 0 Å². The summed E-state index contributed by atoms with van der Waals surface area (Å²) in [7, 11) is 0. The molecule has 114 valence electrons. The van der Waals surface area contributed by atoms with Gasteiger partial charge in [0.1, 0.15) is 0 Å². The zero-order valence-corrected chi connectivity index (χ0v) is 11.9. The number of piperazine rings is 1. The highest BCUT2D eigenvalue weighted by Gasteiger charge is 2.24. The molecule has 0 radical (unpaired) electrons. The highest BCUT2D eigenvalue weighted by molar-refractivity contribution is 5.92. The van der Waals surface area contributed by atoms with E-state index in [0.717, 1.165) is 23.4 Å². The summed E-state index contributed by atoms with van der Waals surface area (Å²) in [4.78, 5) is 27.0. The van der Waals surface area contributed by atoms with Crippen molar-refractivity contribution in [3.05, 3.63) is 51.9 Å². The Morgan fingerprint density at radius 1 is 1.23 bits per heavy atom. The van der Waals surface area contributed by atoms with Gasteiger partial charge < -0.3 is 10.2 Å². The molecule has 0 bridgehead atoms. The number of carbonyl (C=O) groups is 1. The van der Waals surface area contributed by atoms with E-state index >= 15 is 0 Å². The molecule has 1 amide bonds. The van der Waals surface area contributed by atoms with Crippen molar-refractivity contribution in [2.24, 2.45) is 5.10 Å². The number of rotatable bonds is 3. The summed E-state index contributed by atoms with van der Waals surface area (Å²) in [5.74, 6) is -0.364. The molecule has 1 saturated heterocycles. The van der Waals surface area contributed by atoms with E-state index in [-0.39, 0.29) is 11.6 Å². The number of H-pyrrole nitrogens is 1. The summed E-state index contributed by atoms with van der Waals surface area (Å²) in [5.41, 5.74) is 0.168.